The Labute approximate surface area is 131 Å². The second-order valence-electron chi connectivity index (χ2n) is 6.00. The second-order valence-corrected chi connectivity index (χ2v) is 6.00. The number of likely N-dealkylation sites (tertiary alicyclic amines) is 1. The van der Waals surface area contributed by atoms with E-state index in [2.05, 4.69) is 0 Å². The summed E-state index contributed by atoms with van der Waals surface area (Å²) in [5.74, 6) is -0.856. The molecule has 1 fully saturated rings. The van der Waals surface area contributed by atoms with Gasteiger partial charge in [-0.2, -0.15) is 13.2 Å². The Morgan fingerprint density at radius 2 is 2.04 bits per heavy atom. The first-order chi connectivity index (χ1) is 10.8. The van der Waals surface area contributed by atoms with Crippen LogP contribution in [-0.2, 0) is 0 Å². The number of fused-ring (bicyclic) bond motifs is 1. The number of alkyl halides is 3. The summed E-state index contributed by atoms with van der Waals surface area (Å²) in [4.78, 5) is 13.3. The normalized spacial score (nSPS) is 22.6. The molecule has 2 heterocycles. The molecule has 1 amide bonds. The maximum atomic E-state index is 13.2. The summed E-state index contributed by atoms with van der Waals surface area (Å²) < 4.78 is 45.0. The zero-order valence-corrected chi connectivity index (χ0v) is 12.6. The van der Waals surface area contributed by atoms with Crippen molar-refractivity contribution in [1.82, 2.24) is 4.90 Å². The van der Waals surface area contributed by atoms with E-state index in [9.17, 15) is 18.0 Å². The van der Waals surface area contributed by atoms with E-state index in [1.54, 1.807) is 6.07 Å². The van der Waals surface area contributed by atoms with Crippen LogP contribution in [0.3, 0.4) is 0 Å². The van der Waals surface area contributed by atoms with Gasteiger partial charge in [0.25, 0.3) is 5.91 Å². The van der Waals surface area contributed by atoms with Crippen molar-refractivity contribution in [3.8, 4) is 0 Å². The van der Waals surface area contributed by atoms with E-state index >= 15 is 0 Å². The number of benzene rings is 1. The molecule has 7 heteroatoms. The smallest absolute Gasteiger partial charge is 0.408 e. The van der Waals surface area contributed by atoms with Crippen LogP contribution in [0.2, 0.25) is 0 Å². The van der Waals surface area contributed by atoms with Crippen LogP contribution in [0.25, 0.3) is 11.0 Å². The molecule has 0 radical (unpaired) electrons. The van der Waals surface area contributed by atoms with E-state index in [0.717, 1.165) is 10.5 Å². The molecule has 1 saturated heterocycles. The number of nitrogens with two attached hydrogens (primary N) is 1. The topological polar surface area (TPSA) is 59.5 Å². The highest BCUT2D eigenvalue weighted by Gasteiger charge is 2.48. The van der Waals surface area contributed by atoms with E-state index < -0.39 is 24.2 Å². The highest BCUT2D eigenvalue weighted by atomic mass is 19.4. The van der Waals surface area contributed by atoms with Crippen LogP contribution in [0.5, 0.6) is 0 Å². The number of piperidine rings is 1. The number of amides is 1. The fraction of sp³-hybridized carbons (Fsp3) is 0.438. The minimum atomic E-state index is -4.47. The van der Waals surface area contributed by atoms with Gasteiger partial charge in [0.2, 0.25) is 0 Å². The SMILES string of the molecule is Cc1ccc2oc(C(=O)N3C[C@@H](N)CC[C@H]3C(F)(F)F)cc2c1. The van der Waals surface area contributed by atoms with Crippen LogP contribution in [0.4, 0.5) is 13.2 Å². The summed E-state index contributed by atoms with van der Waals surface area (Å²) in [5, 5.41) is 0.693. The molecule has 0 aliphatic carbocycles. The van der Waals surface area contributed by atoms with E-state index in [-0.39, 0.29) is 25.1 Å². The zero-order valence-electron chi connectivity index (χ0n) is 12.6. The summed E-state index contributed by atoms with van der Waals surface area (Å²) in [6, 6.07) is 4.55. The van der Waals surface area contributed by atoms with Gasteiger partial charge in [-0.3, -0.25) is 4.79 Å². The Bertz CT molecular complexity index is 738. The maximum Gasteiger partial charge on any atom is 0.408 e. The lowest BCUT2D eigenvalue weighted by molar-refractivity contribution is -0.184. The quantitative estimate of drug-likeness (QED) is 0.875. The summed E-state index contributed by atoms with van der Waals surface area (Å²) in [5.41, 5.74) is 7.20. The molecular formula is C16H17F3N2O2. The number of aryl methyl sites for hydroxylation is 1. The monoisotopic (exact) mass is 326 g/mol. The molecule has 0 saturated carbocycles. The largest absolute Gasteiger partial charge is 0.451 e. The average molecular weight is 326 g/mol. The van der Waals surface area contributed by atoms with Crippen LogP contribution in [0.15, 0.2) is 28.7 Å². The molecule has 1 aliphatic rings. The number of halogens is 3. The Morgan fingerprint density at radius 3 is 2.74 bits per heavy atom. The molecule has 4 nitrogen and oxygen atoms in total. The van der Waals surface area contributed by atoms with Crippen molar-refractivity contribution in [2.24, 2.45) is 5.73 Å². The van der Waals surface area contributed by atoms with Crippen LogP contribution < -0.4 is 5.73 Å². The van der Waals surface area contributed by atoms with Gasteiger partial charge in [-0.15, -0.1) is 0 Å². The van der Waals surface area contributed by atoms with E-state index in [0.29, 0.717) is 11.0 Å². The fourth-order valence-electron chi connectivity index (χ4n) is 2.97. The zero-order chi connectivity index (χ0) is 16.8. The summed E-state index contributed by atoms with van der Waals surface area (Å²) in [6.45, 7) is 1.76. The first-order valence-electron chi connectivity index (χ1n) is 7.39. The Kier molecular flexibility index (Phi) is 3.83. The summed E-state index contributed by atoms with van der Waals surface area (Å²) >= 11 is 0. The van der Waals surface area contributed by atoms with Gasteiger partial charge in [-0.25, -0.2) is 0 Å². The van der Waals surface area contributed by atoms with Crippen molar-refractivity contribution in [3.05, 3.63) is 35.6 Å². The third-order valence-corrected chi connectivity index (χ3v) is 4.14. The molecule has 1 aromatic carbocycles. The molecule has 1 aliphatic heterocycles. The van der Waals surface area contributed by atoms with Gasteiger partial charge in [0, 0.05) is 18.0 Å². The van der Waals surface area contributed by atoms with Crippen LogP contribution in [0, 0.1) is 6.92 Å². The molecule has 124 valence electrons. The minimum Gasteiger partial charge on any atom is -0.451 e. The predicted octanol–water partition coefficient (Wildman–Crippen LogP) is 3.24. The Morgan fingerprint density at radius 1 is 1.30 bits per heavy atom. The maximum absolute atomic E-state index is 13.2. The van der Waals surface area contributed by atoms with Gasteiger partial charge in [0.05, 0.1) is 0 Å². The van der Waals surface area contributed by atoms with Gasteiger partial charge in [0.1, 0.15) is 11.6 Å². The predicted molar refractivity (Wildman–Crippen MR) is 79.0 cm³/mol. The number of rotatable bonds is 1. The average Bonchev–Trinajstić information content (AvgIpc) is 2.88. The van der Waals surface area contributed by atoms with E-state index in [1.807, 2.05) is 19.1 Å². The molecular weight excluding hydrogens is 309 g/mol. The van der Waals surface area contributed by atoms with Crippen LogP contribution in [-0.4, -0.2) is 35.6 Å². The number of hydrogen-bond donors (Lipinski definition) is 1. The first-order valence-corrected chi connectivity index (χ1v) is 7.39. The number of carbonyl (C=O) groups excluding carboxylic acids is 1. The third-order valence-electron chi connectivity index (χ3n) is 4.14. The molecule has 1 aromatic heterocycles. The highest BCUT2D eigenvalue weighted by Crippen LogP contribution is 2.33. The lowest BCUT2D eigenvalue weighted by Gasteiger charge is -2.38. The molecule has 3 rings (SSSR count). The lowest BCUT2D eigenvalue weighted by Crippen LogP contribution is -2.56. The van der Waals surface area contributed by atoms with Gasteiger partial charge in [-0.05, 0) is 38.0 Å². The Hall–Kier alpha value is -2.02. The number of carbonyl (C=O) groups is 1. The molecule has 2 N–H and O–H groups in total. The number of nitrogens with zero attached hydrogens (tertiary/aromatic N) is 1. The van der Waals surface area contributed by atoms with Gasteiger partial charge in [-0.1, -0.05) is 11.6 Å². The van der Waals surface area contributed by atoms with Crippen molar-refractivity contribution in [1.29, 1.82) is 0 Å². The van der Waals surface area contributed by atoms with Gasteiger partial charge < -0.3 is 15.1 Å². The van der Waals surface area contributed by atoms with Crippen molar-refractivity contribution in [2.45, 2.75) is 38.0 Å². The molecule has 0 bridgehead atoms. The van der Waals surface area contributed by atoms with Gasteiger partial charge >= 0.3 is 6.18 Å². The summed E-state index contributed by atoms with van der Waals surface area (Å²) in [6.07, 6.45) is -4.42. The molecule has 2 aromatic rings. The molecule has 23 heavy (non-hydrogen) atoms. The molecule has 0 unspecified atom stereocenters. The fourth-order valence-corrected chi connectivity index (χ4v) is 2.97. The molecule has 0 spiro atoms. The van der Waals surface area contributed by atoms with Crippen molar-refractivity contribution in [2.75, 3.05) is 6.54 Å². The Balaban J connectivity index is 1.94. The van der Waals surface area contributed by atoms with Crippen molar-refractivity contribution < 1.29 is 22.4 Å². The third kappa shape index (κ3) is 3.06. The van der Waals surface area contributed by atoms with Crippen molar-refractivity contribution >= 4 is 16.9 Å². The lowest BCUT2D eigenvalue weighted by atomic mass is 9.98. The van der Waals surface area contributed by atoms with Crippen LogP contribution >= 0.6 is 0 Å². The van der Waals surface area contributed by atoms with Crippen molar-refractivity contribution in [3.63, 3.8) is 0 Å². The molecule has 2 atom stereocenters. The van der Waals surface area contributed by atoms with E-state index in [4.69, 9.17) is 10.2 Å². The highest BCUT2D eigenvalue weighted by molar-refractivity contribution is 5.96. The summed E-state index contributed by atoms with van der Waals surface area (Å²) in [7, 11) is 0. The number of furan rings is 1. The minimum absolute atomic E-state index is 0.0889. The van der Waals surface area contributed by atoms with Gasteiger partial charge in [0.15, 0.2) is 5.76 Å². The number of hydrogen-bond acceptors (Lipinski definition) is 3. The van der Waals surface area contributed by atoms with E-state index in [1.165, 1.54) is 6.07 Å². The first kappa shape index (κ1) is 15.9. The second kappa shape index (κ2) is 5.56. The standard InChI is InChI=1S/C16H17F3N2O2/c1-9-2-4-12-10(6-9)7-13(23-12)15(22)21-8-11(20)3-5-14(21)16(17,18)19/h2,4,6-7,11,14H,3,5,8,20H2,1H3/t11-,14-/m0/s1. The van der Waals surface area contributed by atoms with Crippen LogP contribution in [0.1, 0.15) is 29.0 Å².